The van der Waals surface area contributed by atoms with Crippen LogP contribution in [0.15, 0.2) is 0 Å². The van der Waals surface area contributed by atoms with Crippen molar-refractivity contribution in [3.8, 4) is 0 Å². The topological polar surface area (TPSA) is 46.2 Å². The summed E-state index contributed by atoms with van der Waals surface area (Å²) in [5.41, 5.74) is 0. The minimum absolute atomic E-state index is 0.000648. The van der Waals surface area contributed by atoms with Crippen molar-refractivity contribution in [3.63, 3.8) is 0 Å². The number of nitrogens with one attached hydrogen (secondary N) is 1. The third-order valence-electron chi connectivity index (χ3n) is 1.54. The highest BCUT2D eigenvalue weighted by Crippen LogP contribution is 2.02. The lowest BCUT2D eigenvalue weighted by molar-refractivity contribution is -0.126. The van der Waals surface area contributed by atoms with Gasteiger partial charge in [0.05, 0.1) is 11.4 Å². The molecule has 0 radical (unpaired) electrons. The highest BCUT2D eigenvalue weighted by Gasteiger charge is 2.19. The van der Waals surface area contributed by atoms with Crippen LogP contribution < -0.4 is 5.32 Å². The number of hydrogen-bond donors (Lipinski definition) is 1. The van der Waals surface area contributed by atoms with Crippen molar-refractivity contribution in [2.75, 3.05) is 5.33 Å². The van der Waals surface area contributed by atoms with Gasteiger partial charge < -0.3 is 5.32 Å². The van der Waals surface area contributed by atoms with Gasteiger partial charge in [0.2, 0.25) is 5.91 Å². The molecule has 70 valence electrons. The molecule has 1 N–H and O–H groups in total. The number of ketones is 1. The van der Waals surface area contributed by atoms with Crippen molar-refractivity contribution >= 4 is 27.6 Å². The molecular formula is C8H14BrNO2. The molecule has 3 nitrogen and oxygen atoms in total. The fourth-order valence-electron chi connectivity index (χ4n) is 0.950. The maximum absolute atomic E-state index is 11.0. The molecule has 0 aliphatic heterocycles. The Labute approximate surface area is 81.0 Å². The molecule has 0 spiro atoms. The van der Waals surface area contributed by atoms with Gasteiger partial charge in [-0.15, -0.1) is 0 Å². The fraction of sp³-hybridized carbons (Fsp3) is 0.750. The SMILES string of the molecule is CC(=O)C(NC(=O)CBr)C(C)C. The first-order valence-corrected chi connectivity index (χ1v) is 4.97. The number of rotatable bonds is 4. The maximum atomic E-state index is 11.0. The first kappa shape index (κ1) is 11.6. The molecule has 0 aliphatic rings. The van der Waals surface area contributed by atoms with E-state index in [1.54, 1.807) is 0 Å². The van der Waals surface area contributed by atoms with Crippen molar-refractivity contribution in [1.82, 2.24) is 5.32 Å². The minimum Gasteiger partial charge on any atom is -0.345 e. The van der Waals surface area contributed by atoms with Crippen LogP contribution in [-0.4, -0.2) is 23.1 Å². The van der Waals surface area contributed by atoms with Crippen LogP contribution in [-0.2, 0) is 9.59 Å². The van der Waals surface area contributed by atoms with Gasteiger partial charge in [0.15, 0.2) is 5.78 Å². The van der Waals surface area contributed by atoms with Crippen molar-refractivity contribution in [3.05, 3.63) is 0 Å². The number of alkyl halides is 1. The van der Waals surface area contributed by atoms with Crippen molar-refractivity contribution in [1.29, 1.82) is 0 Å². The largest absolute Gasteiger partial charge is 0.345 e. The number of halogens is 1. The Morgan fingerprint density at radius 3 is 2.17 bits per heavy atom. The number of Topliss-reactive ketones (excluding diaryl/α,β-unsaturated/α-hetero) is 1. The molecule has 1 atom stereocenters. The molecule has 0 saturated heterocycles. The Kier molecular flexibility index (Phi) is 5.13. The highest BCUT2D eigenvalue weighted by atomic mass is 79.9. The van der Waals surface area contributed by atoms with Gasteiger partial charge in [-0.3, -0.25) is 9.59 Å². The van der Waals surface area contributed by atoms with Crippen LogP contribution in [0.4, 0.5) is 0 Å². The maximum Gasteiger partial charge on any atom is 0.231 e. The fourth-order valence-corrected chi connectivity index (χ4v) is 1.11. The Morgan fingerprint density at radius 1 is 1.42 bits per heavy atom. The average molecular weight is 236 g/mol. The van der Waals surface area contributed by atoms with E-state index in [-0.39, 0.29) is 29.0 Å². The molecular weight excluding hydrogens is 222 g/mol. The lowest BCUT2D eigenvalue weighted by Crippen LogP contribution is -2.43. The Hall–Kier alpha value is -0.380. The third kappa shape index (κ3) is 3.85. The van der Waals surface area contributed by atoms with Crippen LogP contribution in [0.25, 0.3) is 0 Å². The summed E-state index contributed by atoms with van der Waals surface area (Å²) < 4.78 is 0. The average Bonchev–Trinajstić information content (AvgIpc) is 1.98. The summed E-state index contributed by atoms with van der Waals surface area (Å²) in [5, 5.41) is 2.87. The summed E-state index contributed by atoms with van der Waals surface area (Å²) in [6.45, 7) is 5.29. The molecule has 0 fully saturated rings. The normalized spacial score (nSPS) is 12.8. The van der Waals surface area contributed by atoms with Gasteiger partial charge in [-0.25, -0.2) is 0 Å². The minimum atomic E-state index is -0.352. The van der Waals surface area contributed by atoms with Gasteiger partial charge in [-0.2, -0.15) is 0 Å². The zero-order chi connectivity index (χ0) is 9.72. The Bertz CT molecular complexity index is 180. The van der Waals surface area contributed by atoms with Crippen LogP contribution in [0.3, 0.4) is 0 Å². The van der Waals surface area contributed by atoms with E-state index in [1.165, 1.54) is 6.92 Å². The van der Waals surface area contributed by atoms with Gasteiger partial charge in [0.25, 0.3) is 0 Å². The molecule has 1 unspecified atom stereocenters. The third-order valence-corrected chi connectivity index (χ3v) is 2.05. The second-order valence-corrected chi connectivity index (χ2v) is 3.59. The molecule has 1 amide bonds. The van der Waals surface area contributed by atoms with Gasteiger partial charge in [-0.1, -0.05) is 29.8 Å². The molecule has 0 heterocycles. The zero-order valence-electron chi connectivity index (χ0n) is 7.56. The van der Waals surface area contributed by atoms with E-state index in [9.17, 15) is 9.59 Å². The quantitative estimate of drug-likeness (QED) is 0.743. The number of hydrogen-bond acceptors (Lipinski definition) is 2. The van der Waals surface area contributed by atoms with Crippen LogP contribution in [0.2, 0.25) is 0 Å². The first-order valence-electron chi connectivity index (χ1n) is 3.84. The molecule has 0 aliphatic carbocycles. The predicted molar refractivity (Wildman–Crippen MR) is 51.2 cm³/mol. The molecule has 0 aromatic heterocycles. The van der Waals surface area contributed by atoms with E-state index in [1.807, 2.05) is 13.8 Å². The van der Waals surface area contributed by atoms with Gasteiger partial charge in [-0.05, 0) is 12.8 Å². The molecule has 0 rings (SSSR count). The summed E-state index contributed by atoms with van der Waals surface area (Å²) in [5.74, 6) is -0.00583. The predicted octanol–water partition coefficient (Wildman–Crippen LogP) is 1.11. The molecule has 0 bridgehead atoms. The van der Waals surface area contributed by atoms with Crippen LogP contribution in [0.1, 0.15) is 20.8 Å². The summed E-state index contributed by atoms with van der Waals surface area (Å²) in [6, 6.07) is -0.352. The molecule has 0 aromatic carbocycles. The van der Waals surface area contributed by atoms with Crippen LogP contribution in [0.5, 0.6) is 0 Å². The number of carbonyl (C=O) groups excluding carboxylic acids is 2. The Balaban J connectivity index is 4.14. The van der Waals surface area contributed by atoms with Gasteiger partial charge in [0.1, 0.15) is 0 Å². The van der Waals surface area contributed by atoms with Crippen molar-refractivity contribution < 1.29 is 9.59 Å². The van der Waals surface area contributed by atoms with E-state index >= 15 is 0 Å². The van der Waals surface area contributed by atoms with E-state index in [2.05, 4.69) is 21.2 Å². The van der Waals surface area contributed by atoms with E-state index in [0.717, 1.165) is 0 Å². The lowest BCUT2D eigenvalue weighted by atomic mass is 10.0. The van der Waals surface area contributed by atoms with E-state index in [0.29, 0.717) is 0 Å². The van der Waals surface area contributed by atoms with Gasteiger partial charge in [0, 0.05) is 0 Å². The van der Waals surface area contributed by atoms with E-state index in [4.69, 9.17) is 0 Å². The van der Waals surface area contributed by atoms with Crippen LogP contribution in [0, 0.1) is 5.92 Å². The van der Waals surface area contributed by atoms with Crippen molar-refractivity contribution in [2.24, 2.45) is 5.92 Å². The summed E-state index contributed by atoms with van der Waals surface area (Å²) in [7, 11) is 0. The smallest absolute Gasteiger partial charge is 0.231 e. The van der Waals surface area contributed by atoms with Crippen molar-refractivity contribution in [2.45, 2.75) is 26.8 Å². The monoisotopic (exact) mass is 235 g/mol. The second kappa shape index (κ2) is 5.30. The summed E-state index contributed by atoms with van der Waals surface area (Å²) in [6.07, 6.45) is 0. The molecule has 4 heteroatoms. The highest BCUT2D eigenvalue weighted by molar-refractivity contribution is 9.09. The standard InChI is InChI=1S/C8H14BrNO2/c1-5(2)8(6(3)11)10-7(12)4-9/h5,8H,4H2,1-3H3,(H,10,12). The summed E-state index contributed by atoms with van der Waals surface area (Å²) >= 11 is 3.02. The molecule has 12 heavy (non-hydrogen) atoms. The first-order chi connectivity index (χ1) is 5.49. The second-order valence-electron chi connectivity index (χ2n) is 3.03. The zero-order valence-corrected chi connectivity index (χ0v) is 9.14. The van der Waals surface area contributed by atoms with Gasteiger partial charge >= 0.3 is 0 Å². The number of carbonyl (C=O) groups is 2. The number of amides is 1. The van der Waals surface area contributed by atoms with E-state index < -0.39 is 0 Å². The Morgan fingerprint density at radius 2 is 1.92 bits per heavy atom. The van der Waals surface area contributed by atoms with Crippen LogP contribution >= 0.6 is 15.9 Å². The molecule has 0 aromatic rings. The molecule has 0 saturated carbocycles. The lowest BCUT2D eigenvalue weighted by Gasteiger charge is -2.18. The summed E-state index contributed by atoms with van der Waals surface area (Å²) in [4.78, 5) is 21.9.